The second-order valence-corrected chi connectivity index (χ2v) is 6.46. The largest absolute Gasteiger partial charge is 0.497 e. The van der Waals surface area contributed by atoms with E-state index in [0.717, 1.165) is 48.4 Å². The molecule has 0 saturated carbocycles. The van der Waals surface area contributed by atoms with Crippen LogP contribution in [0.1, 0.15) is 23.3 Å². The molecule has 1 aliphatic rings. The van der Waals surface area contributed by atoms with Crippen LogP contribution in [0.3, 0.4) is 0 Å². The number of fused-ring (bicyclic) bond motifs is 1. The highest BCUT2D eigenvalue weighted by molar-refractivity contribution is 5.98. The van der Waals surface area contributed by atoms with E-state index in [1.807, 2.05) is 24.3 Å². The van der Waals surface area contributed by atoms with Crippen LogP contribution in [0.5, 0.6) is 5.75 Å². The number of hydrogen-bond acceptors (Lipinski definition) is 5. The minimum Gasteiger partial charge on any atom is -0.497 e. The lowest BCUT2D eigenvalue weighted by Gasteiger charge is -2.33. The third-order valence-electron chi connectivity index (χ3n) is 4.70. The summed E-state index contributed by atoms with van der Waals surface area (Å²) in [5, 5.41) is 4.09. The summed E-state index contributed by atoms with van der Waals surface area (Å²) in [5.41, 5.74) is 1.48. The van der Waals surface area contributed by atoms with Crippen LogP contribution in [-0.2, 0) is 0 Å². The number of amides is 1. The van der Waals surface area contributed by atoms with Crippen LogP contribution in [0, 0.1) is 0 Å². The molecule has 1 aliphatic heterocycles. The molecule has 1 saturated heterocycles. The Kier molecular flexibility index (Phi) is 4.43. The van der Waals surface area contributed by atoms with Crippen LogP contribution in [0.25, 0.3) is 10.9 Å². The number of ether oxygens (including phenoxy) is 1. The molecule has 7 heteroatoms. The molecule has 26 heavy (non-hydrogen) atoms. The molecular weight excluding hydrogens is 330 g/mol. The standard InChI is InChI=1S/C19H21N5O2/c1-26-15-4-5-16-13(9-15)10-17(23-16)19(25)22-14-3-2-8-24(12-14)18-11-20-6-7-21-18/h4-7,9-11,14,23H,2-3,8,12H2,1H3,(H,22,25)/t14-/m0/s1. The molecule has 4 rings (SSSR count). The number of nitrogens with zero attached hydrogens (tertiary/aromatic N) is 3. The molecule has 0 radical (unpaired) electrons. The molecule has 0 aliphatic carbocycles. The van der Waals surface area contributed by atoms with Gasteiger partial charge in [0.15, 0.2) is 0 Å². The van der Waals surface area contributed by atoms with E-state index >= 15 is 0 Å². The molecule has 3 heterocycles. The Hall–Kier alpha value is -3.09. The lowest BCUT2D eigenvalue weighted by atomic mass is 10.1. The predicted octanol–water partition coefficient (Wildman–Crippen LogP) is 2.37. The van der Waals surface area contributed by atoms with Gasteiger partial charge in [-0.15, -0.1) is 0 Å². The van der Waals surface area contributed by atoms with E-state index < -0.39 is 0 Å². The van der Waals surface area contributed by atoms with E-state index in [4.69, 9.17) is 4.74 Å². The summed E-state index contributed by atoms with van der Waals surface area (Å²) >= 11 is 0. The Morgan fingerprint density at radius 3 is 3.08 bits per heavy atom. The van der Waals surface area contributed by atoms with Gasteiger partial charge in [-0.25, -0.2) is 4.98 Å². The van der Waals surface area contributed by atoms with Gasteiger partial charge in [0.2, 0.25) is 0 Å². The number of anilines is 1. The number of piperidine rings is 1. The summed E-state index contributed by atoms with van der Waals surface area (Å²) in [7, 11) is 1.63. The number of hydrogen-bond donors (Lipinski definition) is 2. The number of aromatic nitrogens is 3. The van der Waals surface area contributed by atoms with Crippen LogP contribution in [0.15, 0.2) is 42.9 Å². The summed E-state index contributed by atoms with van der Waals surface area (Å²) in [6.45, 7) is 1.66. The van der Waals surface area contributed by atoms with Gasteiger partial charge in [0, 0.05) is 42.4 Å². The first-order valence-corrected chi connectivity index (χ1v) is 8.71. The average molecular weight is 351 g/mol. The maximum Gasteiger partial charge on any atom is 0.268 e. The quantitative estimate of drug-likeness (QED) is 0.754. The van der Waals surface area contributed by atoms with Crippen molar-refractivity contribution in [3.05, 3.63) is 48.5 Å². The topological polar surface area (TPSA) is 83.1 Å². The Labute approximate surface area is 151 Å². The molecule has 1 amide bonds. The minimum absolute atomic E-state index is 0.0826. The Morgan fingerprint density at radius 2 is 2.27 bits per heavy atom. The zero-order chi connectivity index (χ0) is 17.9. The van der Waals surface area contributed by atoms with Crippen molar-refractivity contribution in [3.63, 3.8) is 0 Å². The van der Waals surface area contributed by atoms with Crippen molar-refractivity contribution in [3.8, 4) is 5.75 Å². The summed E-state index contributed by atoms with van der Waals surface area (Å²) in [4.78, 5) is 26.5. The maximum atomic E-state index is 12.7. The molecule has 0 bridgehead atoms. The first-order valence-electron chi connectivity index (χ1n) is 8.71. The van der Waals surface area contributed by atoms with Crippen molar-refractivity contribution in [2.24, 2.45) is 0 Å². The Balaban J connectivity index is 1.45. The highest BCUT2D eigenvalue weighted by Crippen LogP contribution is 2.22. The second kappa shape index (κ2) is 7.03. The van der Waals surface area contributed by atoms with E-state index in [1.165, 1.54) is 0 Å². The van der Waals surface area contributed by atoms with Crippen LogP contribution >= 0.6 is 0 Å². The highest BCUT2D eigenvalue weighted by Gasteiger charge is 2.23. The minimum atomic E-state index is -0.0915. The fourth-order valence-electron chi connectivity index (χ4n) is 3.38. The first-order chi connectivity index (χ1) is 12.7. The third kappa shape index (κ3) is 3.33. The number of carbonyl (C=O) groups is 1. The fourth-order valence-corrected chi connectivity index (χ4v) is 3.38. The summed E-state index contributed by atoms with van der Waals surface area (Å²) in [6, 6.07) is 7.65. The highest BCUT2D eigenvalue weighted by atomic mass is 16.5. The van der Waals surface area contributed by atoms with Gasteiger partial charge in [0.25, 0.3) is 5.91 Å². The molecule has 7 nitrogen and oxygen atoms in total. The van der Waals surface area contributed by atoms with Crippen molar-refractivity contribution >= 4 is 22.6 Å². The molecular formula is C19H21N5O2. The van der Waals surface area contributed by atoms with E-state index in [2.05, 4.69) is 25.2 Å². The molecule has 2 N–H and O–H groups in total. The number of methoxy groups -OCH3 is 1. The Bertz CT molecular complexity index is 909. The van der Waals surface area contributed by atoms with Crippen molar-refractivity contribution < 1.29 is 9.53 Å². The Morgan fingerprint density at radius 1 is 1.35 bits per heavy atom. The zero-order valence-corrected chi connectivity index (χ0v) is 14.6. The van der Waals surface area contributed by atoms with Gasteiger partial charge < -0.3 is 19.9 Å². The lowest BCUT2D eigenvalue weighted by molar-refractivity contribution is 0.0929. The van der Waals surface area contributed by atoms with Gasteiger partial charge in [-0.2, -0.15) is 0 Å². The molecule has 0 unspecified atom stereocenters. The van der Waals surface area contributed by atoms with Gasteiger partial charge in [-0.05, 0) is 37.1 Å². The SMILES string of the molecule is COc1ccc2[nH]c(C(=O)N[C@H]3CCCN(c4cnccn4)C3)cc2c1. The molecule has 1 fully saturated rings. The van der Waals surface area contributed by atoms with Crippen LogP contribution in [0.2, 0.25) is 0 Å². The van der Waals surface area contributed by atoms with E-state index in [9.17, 15) is 4.79 Å². The third-order valence-corrected chi connectivity index (χ3v) is 4.70. The van der Waals surface area contributed by atoms with Gasteiger partial charge in [-0.1, -0.05) is 0 Å². The summed E-state index contributed by atoms with van der Waals surface area (Å²) in [5.74, 6) is 1.53. The molecule has 1 aromatic carbocycles. The van der Waals surface area contributed by atoms with Crippen molar-refractivity contribution in [2.45, 2.75) is 18.9 Å². The number of aromatic amines is 1. The fraction of sp³-hybridized carbons (Fsp3) is 0.316. The lowest BCUT2D eigenvalue weighted by Crippen LogP contribution is -2.48. The normalized spacial score (nSPS) is 17.3. The molecule has 1 atom stereocenters. The first kappa shape index (κ1) is 16.4. The maximum absolute atomic E-state index is 12.7. The summed E-state index contributed by atoms with van der Waals surface area (Å²) in [6.07, 6.45) is 7.07. The zero-order valence-electron chi connectivity index (χ0n) is 14.6. The van der Waals surface area contributed by atoms with Crippen molar-refractivity contribution in [1.29, 1.82) is 0 Å². The van der Waals surface area contributed by atoms with Gasteiger partial charge >= 0.3 is 0 Å². The van der Waals surface area contributed by atoms with E-state index in [1.54, 1.807) is 25.7 Å². The smallest absolute Gasteiger partial charge is 0.268 e. The van der Waals surface area contributed by atoms with Gasteiger partial charge in [-0.3, -0.25) is 9.78 Å². The molecule has 2 aromatic heterocycles. The van der Waals surface area contributed by atoms with E-state index in [0.29, 0.717) is 5.69 Å². The van der Waals surface area contributed by atoms with E-state index in [-0.39, 0.29) is 11.9 Å². The second-order valence-electron chi connectivity index (χ2n) is 6.46. The summed E-state index contributed by atoms with van der Waals surface area (Å²) < 4.78 is 5.24. The number of nitrogens with one attached hydrogen (secondary N) is 2. The number of rotatable bonds is 4. The van der Waals surface area contributed by atoms with Crippen LogP contribution in [-0.4, -0.2) is 47.1 Å². The molecule has 3 aromatic rings. The van der Waals surface area contributed by atoms with Gasteiger partial charge in [0.1, 0.15) is 17.3 Å². The van der Waals surface area contributed by atoms with Gasteiger partial charge in [0.05, 0.1) is 13.3 Å². The average Bonchev–Trinajstić information content (AvgIpc) is 3.12. The molecule has 0 spiro atoms. The van der Waals surface area contributed by atoms with Crippen molar-refractivity contribution in [1.82, 2.24) is 20.3 Å². The number of benzene rings is 1. The number of carbonyl (C=O) groups excluding carboxylic acids is 1. The monoisotopic (exact) mass is 351 g/mol. The predicted molar refractivity (Wildman–Crippen MR) is 99.6 cm³/mol. The number of H-pyrrole nitrogens is 1. The van der Waals surface area contributed by atoms with Crippen LogP contribution in [0.4, 0.5) is 5.82 Å². The van der Waals surface area contributed by atoms with Crippen molar-refractivity contribution in [2.75, 3.05) is 25.1 Å². The molecule has 134 valence electrons. The van der Waals surface area contributed by atoms with Crippen LogP contribution < -0.4 is 15.0 Å².